The van der Waals surface area contributed by atoms with Crippen LogP contribution in [0.5, 0.6) is 5.75 Å². The Kier molecular flexibility index (Phi) is 3.40. The van der Waals surface area contributed by atoms with Crippen molar-refractivity contribution >= 4 is 17.3 Å². The molecule has 2 aromatic carbocycles. The molecule has 2 heterocycles. The van der Waals surface area contributed by atoms with Gasteiger partial charge in [-0.15, -0.1) is 0 Å². The van der Waals surface area contributed by atoms with Gasteiger partial charge < -0.3 is 15.0 Å². The van der Waals surface area contributed by atoms with Gasteiger partial charge in [0, 0.05) is 13.1 Å². The average molecular weight is 326 g/mol. The van der Waals surface area contributed by atoms with Crippen LogP contribution in [0, 0.1) is 5.92 Å². The largest absolute Gasteiger partial charge is 0.482 e. The Morgan fingerprint density at radius 2 is 2.04 bits per heavy atom. The van der Waals surface area contributed by atoms with Crippen molar-refractivity contribution in [1.29, 1.82) is 0 Å². The van der Waals surface area contributed by atoms with Crippen molar-refractivity contribution in [2.24, 2.45) is 5.92 Å². The number of carbonyl (C=O) groups is 1. The summed E-state index contributed by atoms with van der Waals surface area (Å²) in [6, 6.07) is 5.18. The molecular formula is C18H18N2O4. The molecular weight excluding hydrogens is 308 g/mol. The number of benzene rings is 1. The zero-order valence-corrected chi connectivity index (χ0v) is 13.4. The molecule has 1 fully saturated rings. The van der Waals surface area contributed by atoms with E-state index in [1.54, 1.807) is 18.2 Å². The van der Waals surface area contributed by atoms with Gasteiger partial charge in [-0.3, -0.25) is 14.4 Å². The van der Waals surface area contributed by atoms with Gasteiger partial charge in [-0.1, -0.05) is 13.0 Å². The fourth-order valence-corrected chi connectivity index (χ4v) is 3.57. The average Bonchev–Trinajstić information content (AvgIpc) is 2.58. The van der Waals surface area contributed by atoms with Gasteiger partial charge >= 0.3 is 0 Å². The third-order valence-corrected chi connectivity index (χ3v) is 4.76. The second-order valence-corrected chi connectivity index (χ2v) is 6.62. The Labute approximate surface area is 138 Å². The molecule has 24 heavy (non-hydrogen) atoms. The number of carbonyl (C=O) groups excluding carboxylic acids is 1. The van der Waals surface area contributed by atoms with Gasteiger partial charge in [-0.05, 0) is 36.5 Å². The summed E-state index contributed by atoms with van der Waals surface area (Å²) in [5.74, 6) is 0.837. The Balaban J connectivity index is 1.73. The molecule has 6 heteroatoms. The third kappa shape index (κ3) is 2.29. The number of nitrogens with zero attached hydrogens (tertiary/aromatic N) is 1. The first-order valence-electron chi connectivity index (χ1n) is 8.20. The van der Waals surface area contributed by atoms with Crippen LogP contribution < -0.4 is 25.8 Å². The van der Waals surface area contributed by atoms with Crippen LogP contribution in [0.1, 0.15) is 19.8 Å². The van der Waals surface area contributed by atoms with Crippen LogP contribution in [0.2, 0.25) is 0 Å². The van der Waals surface area contributed by atoms with E-state index in [2.05, 4.69) is 12.2 Å². The number of amides is 1. The lowest BCUT2D eigenvalue weighted by Gasteiger charge is -2.34. The summed E-state index contributed by atoms with van der Waals surface area (Å²) < 4.78 is 5.41. The first kappa shape index (κ1) is 14.9. The number of hydrogen-bond donors (Lipinski definition) is 1. The maximum atomic E-state index is 12.2. The van der Waals surface area contributed by atoms with Crippen molar-refractivity contribution in [3.8, 4) is 16.9 Å². The molecule has 4 rings (SSSR count). The minimum Gasteiger partial charge on any atom is -0.482 e. The number of fused-ring (bicyclic) bond motifs is 1. The van der Waals surface area contributed by atoms with E-state index >= 15 is 0 Å². The molecule has 1 amide bonds. The Morgan fingerprint density at radius 3 is 2.83 bits per heavy atom. The molecule has 1 saturated heterocycles. The van der Waals surface area contributed by atoms with Crippen molar-refractivity contribution in [2.45, 2.75) is 19.8 Å². The lowest BCUT2D eigenvalue weighted by molar-refractivity contribution is -0.118. The summed E-state index contributed by atoms with van der Waals surface area (Å²) >= 11 is 0. The van der Waals surface area contributed by atoms with E-state index < -0.39 is 10.9 Å². The van der Waals surface area contributed by atoms with Crippen LogP contribution in [-0.2, 0) is 4.79 Å². The number of piperidine rings is 1. The summed E-state index contributed by atoms with van der Waals surface area (Å²) in [7, 11) is 0. The fourth-order valence-electron chi connectivity index (χ4n) is 3.57. The maximum Gasteiger partial charge on any atom is 0.262 e. The Morgan fingerprint density at radius 1 is 1.21 bits per heavy atom. The van der Waals surface area contributed by atoms with E-state index in [1.807, 2.05) is 4.90 Å². The minimum absolute atomic E-state index is 0.0428. The molecule has 0 bridgehead atoms. The summed E-state index contributed by atoms with van der Waals surface area (Å²) in [5.41, 5.74) is 1.42. The molecule has 1 unspecified atom stereocenters. The molecule has 2 aromatic rings. The summed E-state index contributed by atoms with van der Waals surface area (Å²) in [4.78, 5) is 37.7. The topological polar surface area (TPSA) is 75.7 Å². The van der Waals surface area contributed by atoms with E-state index in [-0.39, 0.29) is 12.5 Å². The van der Waals surface area contributed by atoms with E-state index in [0.717, 1.165) is 25.9 Å². The number of hydrogen-bond acceptors (Lipinski definition) is 5. The van der Waals surface area contributed by atoms with Gasteiger partial charge in [-0.2, -0.15) is 0 Å². The summed E-state index contributed by atoms with van der Waals surface area (Å²) in [6.45, 7) is 3.72. The molecule has 1 atom stereocenters. The lowest BCUT2D eigenvalue weighted by Crippen LogP contribution is -2.45. The Hall–Kier alpha value is -2.63. The van der Waals surface area contributed by atoms with Gasteiger partial charge in [0.2, 0.25) is 10.9 Å². The van der Waals surface area contributed by atoms with Crippen LogP contribution in [-0.4, -0.2) is 25.6 Å². The van der Waals surface area contributed by atoms with Crippen LogP contribution in [0.15, 0.2) is 27.8 Å². The second-order valence-electron chi connectivity index (χ2n) is 6.62. The molecule has 0 spiro atoms. The van der Waals surface area contributed by atoms with Crippen molar-refractivity contribution in [3.63, 3.8) is 0 Å². The first-order chi connectivity index (χ1) is 11.5. The van der Waals surface area contributed by atoms with E-state index in [1.165, 1.54) is 0 Å². The number of nitrogens with one attached hydrogen (secondary N) is 1. The summed E-state index contributed by atoms with van der Waals surface area (Å²) in [5, 5.41) is 2.72. The smallest absolute Gasteiger partial charge is 0.262 e. The van der Waals surface area contributed by atoms with Crippen molar-refractivity contribution < 1.29 is 9.53 Å². The van der Waals surface area contributed by atoms with Crippen LogP contribution in [0.25, 0.3) is 11.1 Å². The highest BCUT2D eigenvalue weighted by Crippen LogP contribution is 2.36. The molecule has 6 nitrogen and oxygen atoms in total. The maximum absolute atomic E-state index is 12.2. The van der Waals surface area contributed by atoms with Gasteiger partial charge in [-0.25, -0.2) is 0 Å². The molecule has 0 aliphatic carbocycles. The monoisotopic (exact) mass is 326 g/mol. The van der Waals surface area contributed by atoms with Gasteiger partial charge in [0.15, 0.2) is 6.61 Å². The van der Waals surface area contributed by atoms with Crippen LogP contribution >= 0.6 is 0 Å². The standard InChI is InChI=1S/C18H18N2O4/c1-10-3-2-6-20(8-10)16-15(17(22)18(16)23)11-4-5-12-13(7-11)24-9-14(21)19-12/h4-5,7,10H,2-3,6,8-9H2,1H3,(H,19,21). The van der Waals surface area contributed by atoms with E-state index in [9.17, 15) is 14.4 Å². The van der Waals surface area contributed by atoms with Crippen molar-refractivity contribution in [1.82, 2.24) is 0 Å². The molecule has 1 N–H and O–H groups in total. The highest BCUT2D eigenvalue weighted by molar-refractivity contribution is 5.96. The highest BCUT2D eigenvalue weighted by Gasteiger charge is 2.30. The lowest BCUT2D eigenvalue weighted by atomic mass is 9.93. The highest BCUT2D eigenvalue weighted by atomic mass is 16.5. The third-order valence-electron chi connectivity index (χ3n) is 4.76. The zero-order valence-electron chi connectivity index (χ0n) is 13.4. The molecule has 2 aliphatic heterocycles. The zero-order chi connectivity index (χ0) is 16.8. The Bertz CT molecular complexity index is 895. The normalized spacial score (nSPS) is 20.5. The van der Waals surface area contributed by atoms with Gasteiger partial charge in [0.25, 0.3) is 5.91 Å². The number of ether oxygens (including phenoxy) is 1. The fraction of sp³-hybridized carbons (Fsp3) is 0.389. The number of anilines is 2. The molecule has 0 saturated carbocycles. The molecule has 124 valence electrons. The quantitative estimate of drug-likeness (QED) is 0.847. The van der Waals surface area contributed by atoms with Gasteiger partial charge in [0.1, 0.15) is 11.4 Å². The van der Waals surface area contributed by atoms with Crippen LogP contribution in [0.4, 0.5) is 11.4 Å². The second kappa shape index (κ2) is 5.47. The summed E-state index contributed by atoms with van der Waals surface area (Å²) in [6.07, 6.45) is 2.17. The predicted molar refractivity (Wildman–Crippen MR) is 91.5 cm³/mol. The van der Waals surface area contributed by atoms with Crippen molar-refractivity contribution in [3.05, 3.63) is 38.6 Å². The molecule has 2 aliphatic rings. The minimum atomic E-state index is -0.442. The number of rotatable bonds is 2. The SMILES string of the molecule is CC1CCCN(c2c(-c3ccc4c(c3)OCC(=O)N4)c(=O)c2=O)C1. The van der Waals surface area contributed by atoms with Crippen molar-refractivity contribution in [2.75, 3.05) is 29.9 Å². The first-order valence-corrected chi connectivity index (χ1v) is 8.20. The molecule has 0 radical (unpaired) electrons. The van der Waals surface area contributed by atoms with E-state index in [0.29, 0.717) is 34.2 Å². The predicted octanol–water partition coefficient (Wildman–Crippen LogP) is 1.52. The molecule has 0 aromatic heterocycles. The van der Waals surface area contributed by atoms with Gasteiger partial charge in [0.05, 0.1) is 11.3 Å². The van der Waals surface area contributed by atoms with Crippen LogP contribution in [0.3, 0.4) is 0 Å². The van der Waals surface area contributed by atoms with E-state index in [4.69, 9.17) is 4.74 Å².